The van der Waals surface area contributed by atoms with Crippen LogP contribution in [0.2, 0.25) is 0 Å². The van der Waals surface area contributed by atoms with E-state index in [-0.39, 0.29) is 30.8 Å². The molecule has 0 aliphatic heterocycles. The van der Waals surface area contributed by atoms with Crippen molar-refractivity contribution in [1.29, 1.82) is 0 Å². The quantitative estimate of drug-likeness (QED) is 0.621. The van der Waals surface area contributed by atoms with E-state index in [2.05, 4.69) is 4.74 Å². The van der Waals surface area contributed by atoms with Crippen LogP contribution in [-0.4, -0.2) is 29.6 Å². The Bertz CT molecular complexity index is 463. The third-order valence-electron chi connectivity index (χ3n) is 2.17. The van der Waals surface area contributed by atoms with Crippen molar-refractivity contribution in [3.8, 4) is 5.75 Å². The van der Waals surface area contributed by atoms with Crippen molar-refractivity contribution in [1.82, 2.24) is 0 Å². The van der Waals surface area contributed by atoms with Gasteiger partial charge in [0.2, 0.25) is 0 Å². The Morgan fingerprint density at radius 3 is 2.16 bits per heavy atom. The number of ether oxygens (including phenoxy) is 2. The van der Waals surface area contributed by atoms with Gasteiger partial charge in [-0.15, -0.1) is 0 Å². The Hall–Kier alpha value is -2.37. The first-order valence-electron chi connectivity index (χ1n) is 5.72. The predicted molar refractivity (Wildman–Crippen MR) is 64.9 cm³/mol. The highest BCUT2D eigenvalue weighted by Gasteiger charge is 2.10. The number of esters is 2. The molecular formula is C13H14O6. The zero-order valence-corrected chi connectivity index (χ0v) is 10.4. The molecule has 0 aliphatic carbocycles. The molecule has 0 atom stereocenters. The van der Waals surface area contributed by atoms with Crippen LogP contribution in [0.1, 0.15) is 30.1 Å². The van der Waals surface area contributed by atoms with Crippen LogP contribution in [-0.2, 0) is 14.3 Å². The Morgan fingerprint density at radius 1 is 1.05 bits per heavy atom. The van der Waals surface area contributed by atoms with E-state index < -0.39 is 17.9 Å². The molecular weight excluding hydrogens is 252 g/mol. The first kappa shape index (κ1) is 14.7. The fourth-order valence-corrected chi connectivity index (χ4v) is 1.29. The summed E-state index contributed by atoms with van der Waals surface area (Å²) in [4.78, 5) is 33.0. The van der Waals surface area contributed by atoms with Crippen molar-refractivity contribution >= 4 is 17.9 Å². The lowest BCUT2D eigenvalue weighted by Gasteiger charge is -2.04. The summed E-state index contributed by atoms with van der Waals surface area (Å²) in [6.45, 7) is 1.95. The minimum atomic E-state index is -1.06. The van der Waals surface area contributed by atoms with Gasteiger partial charge < -0.3 is 14.6 Å². The molecule has 0 amide bonds. The monoisotopic (exact) mass is 266 g/mol. The van der Waals surface area contributed by atoms with Crippen LogP contribution in [0.3, 0.4) is 0 Å². The largest absolute Gasteiger partial charge is 0.478 e. The molecule has 0 saturated heterocycles. The number of rotatable bonds is 6. The summed E-state index contributed by atoms with van der Waals surface area (Å²) in [6, 6.07) is 5.42. The molecule has 6 nitrogen and oxygen atoms in total. The van der Waals surface area contributed by atoms with E-state index in [1.165, 1.54) is 24.3 Å². The van der Waals surface area contributed by atoms with Crippen LogP contribution in [0.5, 0.6) is 5.75 Å². The number of benzene rings is 1. The lowest BCUT2D eigenvalue weighted by molar-refractivity contribution is -0.146. The molecule has 6 heteroatoms. The molecule has 19 heavy (non-hydrogen) atoms. The van der Waals surface area contributed by atoms with Crippen molar-refractivity contribution in [2.24, 2.45) is 0 Å². The zero-order chi connectivity index (χ0) is 14.3. The van der Waals surface area contributed by atoms with Crippen LogP contribution in [0.15, 0.2) is 24.3 Å². The smallest absolute Gasteiger partial charge is 0.335 e. The van der Waals surface area contributed by atoms with Crippen LogP contribution in [0.25, 0.3) is 0 Å². The maximum Gasteiger partial charge on any atom is 0.335 e. The zero-order valence-electron chi connectivity index (χ0n) is 10.4. The van der Waals surface area contributed by atoms with Crippen molar-refractivity contribution in [3.63, 3.8) is 0 Å². The second kappa shape index (κ2) is 7.15. The van der Waals surface area contributed by atoms with E-state index in [9.17, 15) is 14.4 Å². The molecule has 0 heterocycles. The second-order valence-electron chi connectivity index (χ2n) is 3.61. The van der Waals surface area contributed by atoms with E-state index >= 15 is 0 Å². The first-order chi connectivity index (χ1) is 9.02. The lowest BCUT2D eigenvalue weighted by atomic mass is 10.2. The van der Waals surface area contributed by atoms with Crippen molar-refractivity contribution < 1.29 is 29.0 Å². The van der Waals surface area contributed by atoms with Gasteiger partial charge in [0, 0.05) is 0 Å². The summed E-state index contributed by atoms with van der Waals surface area (Å²) in [7, 11) is 0. The van der Waals surface area contributed by atoms with E-state index in [4.69, 9.17) is 9.84 Å². The normalized spacial score (nSPS) is 9.74. The molecule has 0 aromatic heterocycles. The topological polar surface area (TPSA) is 89.9 Å². The molecule has 102 valence electrons. The van der Waals surface area contributed by atoms with Gasteiger partial charge in [-0.25, -0.2) is 4.79 Å². The van der Waals surface area contributed by atoms with Gasteiger partial charge in [0.15, 0.2) is 0 Å². The van der Waals surface area contributed by atoms with Crippen molar-refractivity contribution in [2.45, 2.75) is 19.8 Å². The average molecular weight is 266 g/mol. The Labute approximate surface area is 109 Å². The number of carbonyl (C=O) groups excluding carboxylic acids is 2. The van der Waals surface area contributed by atoms with Crippen molar-refractivity contribution in [3.05, 3.63) is 29.8 Å². The first-order valence-corrected chi connectivity index (χ1v) is 5.72. The lowest BCUT2D eigenvalue weighted by Crippen LogP contribution is -2.12. The van der Waals surface area contributed by atoms with Gasteiger partial charge in [-0.1, -0.05) is 0 Å². The van der Waals surface area contributed by atoms with Gasteiger partial charge >= 0.3 is 17.9 Å². The van der Waals surface area contributed by atoms with Gasteiger partial charge in [-0.05, 0) is 31.2 Å². The standard InChI is InChI=1S/C13H14O6/c1-2-18-11(14)7-8-12(15)19-10-5-3-9(4-6-10)13(16)17/h3-6H,2,7-8H2,1H3,(H,16,17). The molecule has 0 saturated carbocycles. The molecule has 0 aliphatic rings. The van der Waals surface area contributed by atoms with Gasteiger partial charge in [-0.2, -0.15) is 0 Å². The number of carboxylic acid groups (broad SMARTS) is 1. The van der Waals surface area contributed by atoms with Crippen LogP contribution < -0.4 is 4.74 Å². The van der Waals surface area contributed by atoms with Gasteiger partial charge in [0.1, 0.15) is 5.75 Å². The molecule has 1 aromatic carbocycles. The summed E-state index contributed by atoms with van der Waals surface area (Å²) >= 11 is 0. The minimum absolute atomic E-state index is 0.0418. The van der Waals surface area contributed by atoms with E-state index in [1.54, 1.807) is 6.92 Å². The number of hydrogen-bond donors (Lipinski definition) is 1. The van der Waals surface area contributed by atoms with E-state index in [0.29, 0.717) is 0 Å². The molecule has 0 fully saturated rings. The summed E-state index contributed by atoms with van der Waals surface area (Å²) in [5, 5.41) is 8.69. The van der Waals surface area contributed by atoms with Crippen LogP contribution in [0.4, 0.5) is 0 Å². The molecule has 0 bridgehead atoms. The highest BCUT2D eigenvalue weighted by atomic mass is 16.5. The van der Waals surface area contributed by atoms with Crippen molar-refractivity contribution in [2.75, 3.05) is 6.61 Å². The predicted octanol–water partition coefficient (Wildman–Crippen LogP) is 1.63. The Balaban J connectivity index is 2.44. The molecule has 1 N–H and O–H groups in total. The molecule has 0 radical (unpaired) electrons. The summed E-state index contributed by atoms with van der Waals surface area (Å²) in [6.07, 6.45) is -0.126. The van der Waals surface area contributed by atoms with Gasteiger partial charge in [0.05, 0.1) is 25.0 Å². The molecule has 0 unspecified atom stereocenters. The van der Waals surface area contributed by atoms with Crippen LogP contribution in [0, 0.1) is 0 Å². The maximum absolute atomic E-state index is 11.4. The van der Waals surface area contributed by atoms with Crippen LogP contribution >= 0.6 is 0 Å². The molecule has 0 spiro atoms. The highest BCUT2D eigenvalue weighted by molar-refractivity contribution is 5.87. The van der Waals surface area contributed by atoms with E-state index in [0.717, 1.165) is 0 Å². The molecule has 1 aromatic rings. The summed E-state index contributed by atoms with van der Waals surface area (Å²) in [5.41, 5.74) is 0.103. The Morgan fingerprint density at radius 2 is 1.63 bits per heavy atom. The second-order valence-corrected chi connectivity index (χ2v) is 3.61. The fraction of sp³-hybridized carbons (Fsp3) is 0.308. The minimum Gasteiger partial charge on any atom is -0.478 e. The maximum atomic E-state index is 11.4. The Kier molecular flexibility index (Phi) is 5.53. The number of hydrogen-bond acceptors (Lipinski definition) is 5. The number of carbonyl (C=O) groups is 3. The number of aromatic carboxylic acids is 1. The SMILES string of the molecule is CCOC(=O)CCC(=O)Oc1ccc(C(=O)O)cc1. The third-order valence-corrected chi connectivity index (χ3v) is 2.17. The molecule has 1 rings (SSSR count). The summed E-state index contributed by atoms with van der Waals surface area (Å²) < 4.78 is 9.61. The van der Waals surface area contributed by atoms with Gasteiger partial charge in [-0.3, -0.25) is 9.59 Å². The van der Waals surface area contributed by atoms with E-state index in [1.807, 2.05) is 0 Å². The fourth-order valence-electron chi connectivity index (χ4n) is 1.29. The third kappa shape index (κ3) is 5.20. The summed E-state index contributed by atoms with van der Waals surface area (Å²) in [5.74, 6) is -1.85. The highest BCUT2D eigenvalue weighted by Crippen LogP contribution is 2.13. The number of carboxylic acids is 1. The average Bonchev–Trinajstić information content (AvgIpc) is 2.37. The van der Waals surface area contributed by atoms with Gasteiger partial charge in [0.25, 0.3) is 0 Å².